The Morgan fingerprint density at radius 2 is 2.04 bits per heavy atom. The third-order valence-electron chi connectivity index (χ3n) is 4.99. The van der Waals surface area contributed by atoms with Gasteiger partial charge in [0.1, 0.15) is 0 Å². The van der Waals surface area contributed by atoms with Crippen LogP contribution >= 0.6 is 0 Å². The third-order valence-corrected chi connectivity index (χ3v) is 4.99. The molecule has 6 nitrogen and oxygen atoms in total. The number of carboxylic acid groups (broad SMARTS) is 1. The van der Waals surface area contributed by atoms with Crippen LogP contribution in [0.25, 0.3) is 10.8 Å². The molecular formula is C22H27NO5. The van der Waals surface area contributed by atoms with Gasteiger partial charge in [0.15, 0.2) is 0 Å². The van der Waals surface area contributed by atoms with Crippen molar-refractivity contribution in [2.45, 2.75) is 31.8 Å². The number of amides is 1. The zero-order valence-electron chi connectivity index (χ0n) is 15.9. The maximum Gasteiger partial charge on any atom is 0.308 e. The standard InChI is InChI=1S/C22H27NO5/c24-21(9-11-27-15-20-6-3-10-28-20)23-14-19(22(25)26)13-16-7-8-17-4-1-2-5-18(17)12-16/h1-2,4-5,7-8,12,19-20H,3,6,9-11,13-15H2,(H,23,24)(H,25,26). The lowest BCUT2D eigenvalue weighted by Gasteiger charge is -2.14. The number of fused-ring (bicyclic) bond motifs is 1. The Balaban J connectivity index is 1.43. The maximum atomic E-state index is 12.0. The Hall–Kier alpha value is -2.44. The van der Waals surface area contributed by atoms with Gasteiger partial charge in [-0.3, -0.25) is 9.59 Å². The molecule has 28 heavy (non-hydrogen) atoms. The summed E-state index contributed by atoms with van der Waals surface area (Å²) in [7, 11) is 0. The molecule has 1 fully saturated rings. The topological polar surface area (TPSA) is 84.9 Å². The van der Waals surface area contributed by atoms with E-state index in [1.165, 1.54) is 0 Å². The largest absolute Gasteiger partial charge is 0.481 e. The molecule has 0 aromatic heterocycles. The molecule has 150 valence electrons. The van der Waals surface area contributed by atoms with Gasteiger partial charge in [-0.25, -0.2) is 0 Å². The minimum absolute atomic E-state index is 0.104. The van der Waals surface area contributed by atoms with Crippen LogP contribution in [-0.4, -0.2) is 49.5 Å². The summed E-state index contributed by atoms with van der Waals surface area (Å²) in [5.74, 6) is -1.78. The van der Waals surface area contributed by atoms with Gasteiger partial charge in [0, 0.05) is 19.6 Å². The Kier molecular flexibility index (Phi) is 7.39. The fourth-order valence-electron chi connectivity index (χ4n) is 3.38. The number of carbonyl (C=O) groups is 2. The minimum atomic E-state index is -0.914. The highest BCUT2D eigenvalue weighted by molar-refractivity contribution is 5.83. The van der Waals surface area contributed by atoms with Gasteiger partial charge in [0.05, 0.1) is 25.2 Å². The van der Waals surface area contributed by atoms with E-state index in [-0.39, 0.29) is 25.0 Å². The molecule has 0 bridgehead atoms. The lowest BCUT2D eigenvalue weighted by Crippen LogP contribution is -2.34. The van der Waals surface area contributed by atoms with Crippen molar-refractivity contribution >= 4 is 22.6 Å². The summed E-state index contributed by atoms with van der Waals surface area (Å²) in [6.07, 6.45) is 2.79. The Morgan fingerprint density at radius 1 is 1.21 bits per heavy atom. The summed E-state index contributed by atoms with van der Waals surface area (Å²) in [4.78, 5) is 23.6. The normalized spacial score (nSPS) is 17.5. The molecule has 1 saturated heterocycles. The van der Waals surface area contributed by atoms with Gasteiger partial charge in [0.2, 0.25) is 5.91 Å². The first-order valence-electron chi connectivity index (χ1n) is 9.78. The first-order chi connectivity index (χ1) is 13.6. The molecule has 1 amide bonds. The van der Waals surface area contributed by atoms with E-state index in [4.69, 9.17) is 9.47 Å². The lowest BCUT2D eigenvalue weighted by atomic mass is 9.97. The van der Waals surface area contributed by atoms with Crippen LogP contribution in [0, 0.1) is 5.92 Å². The van der Waals surface area contributed by atoms with Crippen molar-refractivity contribution in [1.82, 2.24) is 5.32 Å². The number of carboxylic acids is 1. The average molecular weight is 385 g/mol. The van der Waals surface area contributed by atoms with Gasteiger partial charge >= 0.3 is 5.97 Å². The number of aliphatic carboxylic acids is 1. The van der Waals surface area contributed by atoms with E-state index >= 15 is 0 Å². The summed E-state index contributed by atoms with van der Waals surface area (Å²) in [5.41, 5.74) is 0.945. The van der Waals surface area contributed by atoms with Gasteiger partial charge in [-0.1, -0.05) is 42.5 Å². The molecule has 2 aromatic rings. The average Bonchev–Trinajstić information content (AvgIpc) is 3.21. The maximum absolute atomic E-state index is 12.0. The lowest BCUT2D eigenvalue weighted by molar-refractivity contribution is -0.141. The van der Waals surface area contributed by atoms with Crippen molar-refractivity contribution in [2.24, 2.45) is 5.92 Å². The van der Waals surface area contributed by atoms with Crippen LogP contribution in [0.5, 0.6) is 0 Å². The van der Waals surface area contributed by atoms with Gasteiger partial charge in [-0.2, -0.15) is 0 Å². The van der Waals surface area contributed by atoms with Crippen molar-refractivity contribution < 1.29 is 24.2 Å². The van der Waals surface area contributed by atoms with Crippen LogP contribution in [-0.2, 0) is 25.5 Å². The molecule has 1 aliphatic heterocycles. The zero-order chi connectivity index (χ0) is 19.8. The van der Waals surface area contributed by atoms with E-state index in [9.17, 15) is 14.7 Å². The van der Waals surface area contributed by atoms with Crippen LogP contribution in [0.2, 0.25) is 0 Å². The number of hydrogen-bond donors (Lipinski definition) is 2. The molecule has 1 aliphatic rings. The molecule has 2 aromatic carbocycles. The summed E-state index contributed by atoms with van der Waals surface area (Å²) in [5, 5.41) is 14.4. The predicted octanol–water partition coefficient (Wildman–Crippen LogP) is 2.79. The van der Waals surface area contributed by atoms with Crippen LogP contribution in [0.3, 0.4) is 0 Å². The summed E-state index contributed by atoms with van der Waals surface area (Å²) in [6, 6.07) is 13.9. The molecule has 0 spiro atoms. The van der Waals surface area contributed by atoms with Crippen LogP contribution in [0.4, 0.5) is 0 Å². The predicted molar refractivity (Wildman–Crippen MR) is 106 cm³/mol. The monoisotopic (exact) mass is 385 g/mol. The number of benzene rings is 2. The Morgan fingerprint density at radius 3 is 2.79 bits per heavy atom. The fourth-order valence-corrected chi connectivity index (χ4v) is 3.38. The number of rotatable bonds is 10. The molecule has 0 radical (unpaired) electrons. The molecule has 2 atom stereocenters. The molecule has 2 N–H and O–H groups in total. The third kappa shape index (κ3) is 6.04. The molecule has 1 heterocycles. The van der Waals surface area contributed by atoms with Crippen molar-refractivity contribution in [2.75, 3.05) is 26.4 Å². The summed E-state index contributed by atoms with van der Waals surface area (Å²) < 4.78 is 10.9. The molecule has 3 rings (SSSR count). The van der Waals surface area contributed by atoms with Gasteiger partial charge in [-0.15, -0.1) is 0 Å². The number of hydrogen-bond acceptors (Lipinski definition) is 4. The van der Waals surface area contributed by atoms with E-state index in [0.717, 1.165) is 35.8 Å². The van der Waals surface area contributed by atoms with E-state index in [1.807, 2.05) is 42.5 Å². The molecule has 0 saturated carbocycles. The van der Waals surface area contributed by atoms with E-state index in [2.05, 4.69) is 5.32 Å². The molecule has 6 heteroatoms. The van der Waals surface area contributed by atoms with Gasteiger partial charge in [-0.05, 0) is 35.6 Å². The second-order valence-electron chi connectivity index (χ2n) is 7.18. The zero-order valence-corrected chi connectivity index (χ0v) is 15.9. The van der Waals surface area contributed by atoms with Gasteiger partial charge in [0.25, 0.3) is 0 Å². The van der Waals surface area contributed by atoms with E-state index < -0.39 is 11.9 Å². The smallest absolute Gasteiger partial charge is 0.308 e. The first-order valence-corrected chi connectivity index (χ1v) is 9.78. The summed E-state index contributed by atoms with van der Waals surface area (Å²) in [6.45, 7) is 1.70. The fraction of sp³-hybridized carbons (Fsp3) is 0.455. The highest BCUT2D eigenvalue weighted by atomic mass is 16.5. The van der Waals surface area contributed by atoms with Crippen molar-refractivity contribution in [3.8, 4) is 0 Å². The van der Waals surface area contributed by atoms with Crippen molar-refractivity contribution in [3.05, 3.63) is 48.0 Å². The second-order valence-corrected chi connectivity index (χ2v) is 7.18. The van der Waals surface area contributed by atoms with Crippen molar-refractivity contribution in [1.29, 1.82) is 0 Å². The minimum Gasteiger partial charge on any atom is -0.481 e. The molecule has 0 aliphatic carbocycles. The number of nitrogens with one attached hydrogen (secondary N) is 1. The SMILES string of the molecule is O=C(CCOCC1CCCO1)NCC(Cc1ccc2ccccc2c1)C(=O)O. The highest BCUT2D eigenvalue weighted by Crippen LogP contribution is 2.18. The van der Waals surface area contributed by atoms with E-state index in [0.29, 0.717) is 19.6 Å². The second kappa shape index (κ2) is 10.2. The Bertz CT molecular complexity index is 800. The van der Waals surface area contributed by atoms with Crippen LogP contribution < -0.4 is 5.32 Å². The number of carbonyl (C=O) groups excluding carboxylic acids is 1. The summed E-state index contributed by atoms with van der Waals surface area (Å²) >= 11 is 0. The highest BCUT2D eigenvalue weighted by Gasteiger charge is 2.19. The van der Waals surface area contributed by atoms with Gasteiger partial charge < -0.3 is 19.9 Å². The van der Waals surface area contributed by atoms with E-state index in [1.54, 1.807) is 0 Å². The molecular weight excluding hydrogens is 358 g/mol. The first kappa shape index (κ1) is 20.3. The Labute approximate surface area is 164 Å². The quantitative estimate of drug-likeness (QED) is 0.615. The van der Waals surface area contributed by atoms with Crippen LogP contribution in [0.15, 0.2) is 42.5 Å². The number of ether oxygens (including phenoxy) is 2. The van der Waals surface area contributed by atoms with Crippen molar-refractivity contribution in [3.63, 3.8) is 0 Å². The molecule has 2 unspecified atom stereocenters. The van der Waals surface area contributed by atoms with Crippen LogP contribution in [0.1, 0.15) is 24.8 Å².